The van der Waals surface area contributed by atoms with Crippen molar-refractivity contribution in [1.29, 1.82) is 0 Å². The van der Waals surface area contributed by atoms with E-state index in [2.05, 4.69) is 15.2 Å². The summed E-state index contributed by atoms with van der Waals surface area (Å²) in [6.45, 7) is 1.96. The van der Waals surface area contributed by atoms with Crippen molar-refractivity contribution in [2.45, 2.75) is 6.92 Å². The Labute approximate surface area is 132 Å². The molecule has 21 heavy (non-hydrogen) atoms. The molecule has 1 aromatic heterocycles. The van der Waals surface area contributed by atoms with Gasteiger partial charge >= 0.3 is 0 Å². The van der Waals surface area contributed by atoms with E-state index in [1.54, 1.807) is 14.2 Å². The lowest BCUT2D eigenvalue weighted by Crippen LogP contribution is -2.21. The number of aromatic nitrogens is 2. The average Bonchev–Trinajstić information content (AvgIpc) is 2.85. The molecule has 4 N–H and O–H groups in total. The minimum Gasteiger partial charge on any atom is -0.493 e. The number of guanidine groups is 1. The number of aryl methyl sites for hydroxylation is 1. The van der Waals surface area contributed by atoms with Crippen LogP contribution in [0.15, 0.2) is 17.1 Å². The van der Waals surface area contributed by atoms with E-state index in [4.69, 9.17) is 20.9 Å². The molecular formula is C12H16ClN5O2S. The lowest BCUT2D eigenvalue weighted by molar-refractivity contribution is 0.355. The largest absolute Gasteiger partial charge is 0.493 e. The Bertz CT molecular complexity index is 655. The van der Waals surface area contributed by atoms with E-state index in [0.29, 0.717) is 21.6 Å². The first-order chi connectivity index (χ1) is 9.55. The lowest BCUT2D eigenvalue weighted by atomic mass is 10.1. The van der Waals surface area contributed by atoms with Gasteiger partial charge in [-0.2, -0.15) is 4.99 Å². The molecule has 2 rings (SSSR count). The van der Waals surface area contributed by atoms with Crippen molar-refractivity contribution in [2.24, 2.45) is 16.5 Å². The van der Waals surface area contributed by atoms with Crippen molar-refractivity contribution >= 4 is 34.8 Å². The van der Waals surface area contributed by atoms with Crippen LogP contribution in [0, 0.1) is 6.92 Å². The number of aliphatic imine (C=N–C) groups is 1. The maximum Gasteiger partial charge on any atom is 0.235 e. The van der Waals surface area contributed by atoms with E-state index in [1.165, 1.54) is 11.3 Å². The third-order valence-electron chi connectivity index (χ3n) is 2.60. The van der Waals surface area contributed by atoms with Crippen LogP contribution in [0.25, 0.3) is 10.6 Å². The van der Waals surface area contributed by atoms with Gasteiger partial charge < -0.3 is 20.9 Å². The molecule has 9 heteroatoms. The van der Waals surface area contributed by atoms with Crippen LogP contribution < -0.4 is 20.9 Å². The molecule has 0 spiro atoms. The van der Waals surface area contributed by atoms with Gasteiger partial charge in [0.15, 0.2) is 17.5 Å². The standard InChI is InChI=1S/C12H15N5O2S.ClH/c1-6-4-8(18-2)9(19-3)5-7(6)10-16-17-12(20-10)15-11(13)14;/h4-5H,1-3H3,(H4,13,14,15,17);1H. The highest BCUT2D eigenvalue weighted by Gasteiger charge is 2.14. The summed E-state index contributed by atoms with van der Waals surface area (Å²) in [5, 5.41) is 9.13. The van der Waals surface area contributed by atoms with Crippen molar-refractivity contribution in [1.82, 2.24) is 10.2 Å². The predicted molar refractivity (Wildman–Crippen MR) is 85.9 cm³/mol. The first-order valence-electron chi connectivity index (χ1n) is 5.71. The Morgan fingerprint density at radius 1 is 1.14 bits per heavy atom. The fourth-order valence-corrected chi connectivity index (χ4v) is 2.51. The van der Waals surface area contributed by atoms with E-state index in [9.17, 15) is 0 Å². The van der Waals surface area contributed by atoms with Crippen molar-refractivity contribution in [2.75, 3.05) is 14.2 Å². The summed E-state index contributed by atoms with van der Waals surface area (Å²) in [5.41, 5.74) is 12.5. The smallest absolute Gasteiger partial charge is 0.235 e. The molecule has 0 atom stereocenters. The number of nitrogens with two attached hydrogens (primary N) is 2. The average molecular weight is 330 g/mol. The first-order valence-corrected chi connectivity index (χ1v) is 6.53. The molecule has 1 aromatic carbocycles. The van der Waals surface area contributed by atoms with E-state index < -0.39 is 0 Å². The van der Waals surface area contributed by atoms with Crippen LogP contribution in [0.3, 0.4) is 0 Å². The van der Waals surface area contributed by atoms with Crippen LogP contribution in [0.4, 0.5) is 5.13 Å². The van der Waals surface area contributed by atoms with Crippen molar-refractivity contribution < 1.29 is 9.47 Å². The van der Waals surface area contributed by atoms with E-state index in [-0.39, 0.29) is 18.4 Å². The monoisotopic (exact) mass is 329 g/mol. The first kappa shape index (κ1) is 17.0. The van der Waals surface area contributed by atoms with Gasteiger partial charge in [-0.25, -0.2) is 0 Å². The Hall–Kier alpha value is -2.06. The van der Waals surface area contributed by atoms with Crippen LogP contribution in [0.1, 0.15) is 5.56 Å². The molecule has 0 saturated carbocycles. The minimum absolute atomic E-state index is 0. The molecule has 0 bridgehead atoms. The zero-order chi connectivity index (χ0) is 14.7. The molecule has 0 aliphatic rings. The van der Waals surface area contributed by atoms with Gasteiger partial charge in [-0.3, -0.25) is 0 Å². The van der Waals surface area contributed by atoms with Crippen LogP contribution in [-0.2, 0) is 0 Å². The van der Waals surface area contributed by atoms with Gasteiger partial charge in [0.2, 0.25) is 5.13 Å². The van der Waals surface area contributed by atoms with Gasteiger partial charge in [0, 0.05) is 5.56 Å². The summed E-state index contributed by atoms with van der Waals surface area (Å²) in [6, 6.07) is 3.74. The maximum atomic E-state index is 5.32. The zero-order valence-corrected chi connectivity index (χ0v) is 13.4. The highest BCUT2D eigenvalue weighted by Crippen LogP contribution is 2.37. The second kappa shape index (κ2) is 7.09. The third-order valence-corrected chi connectivity index (χ3v) is 3.45. The Morgan fingerprint density at radius 3 is 2.33 bits per heavy atom. The van der Waals surface area contributed by atoms with E-state index in [1.807, 2.05) is 19.1 Å². The second-order valence-electron chi connectivity index (χ2n) is 3.95. The molecule has 0 saturated heterocycles. The number of ether oxygens (including phenoxy) is 2. The molecule has 0 unspecified atom stereocenters. The highest BCUT2D eigenvalue weighted by molar-refractivity contribution is 7.18. The van der Waals surface area contributed by atoms with Crippen molar-refractivity contribution in [3.05, 3.63) is 17.7 Å². The van der Waals surface area contributed by atoms with Crippen LogP contribution in [-0.4, -0.2) is 30.4 Å². The van der Waals surface area contributed by atoms with Gasteiger partial charge in [0.1, 0.15) is 5.01 Å². The topological polar surface area (TPSA) is 109 Å². The SMILES string of the molecule is COc1cc(C)c(-c2nnc(N=C(N)N)s2)cc1OC.Cl. The number of hydrogen-bond donors (Lipinski definition) is 2. The quantitative estimate of drug-likeness (QED) is 0.654. The Morgan fingerprint density at radius 2 is 1.76 bits per heavy atom. The summed E-state index contributed by atoms with van der Waals surface area (Å²) >= 11 is 1.30. The molecule has 0 aliphatic carbocycles. The molecule has 7 nitrogen and oxygen atoms in total. The molecule has 1 heterocycles. The van der Waals surface area contributed by atoms with Gasteiger partial charge in [0.05, 0.1) is 14.2 Å². The zero-order valence-electron chi connectivity index (χ0n) is 11.8. The molecule has 114 valence electrons. The Kier molecular flexibility index (Phi) is 5.74. The second-order valence-corrected chi connectivity index (χ2v) is 4.90. The van der Waals surface area contributed by atoms with Gasteiger partial charge in [-0.05, 0) is 24.6 Å². The Balaban J connectivity index is 0.00000220. The fourth-order valence-electron chi connectivity index (χ4n) is 1.69. The van der Waals surface area contributed by atoms with Crippen LogP contribution in [0.5, 0.6) is 11.5 Å². The number of nitrogens with zero attached hydrogens (tertiary/aromatic N) is 3. The van der Waals surface area contributed by atoms with Crippen molar-refractivity contribution in [3.8, 4) is 22.1 Å². The normalized spacial score (nSPS) is 9.67. The van der Waals surface area contributed by atoms with Gasteiger partial charge in [-0.1, -0.05) is 11.3 Å². The van der Waals surface area contributed by atoms with Gasteiger partial charge in [0.25, 0.3) is 0 Å². The number of benzene rings is 1. The molecule has 2 aromatic rings. The summed E-state index contributed by atoms with van der Waals surface area (Å²) in [5.74, 6) is 1.26. The third kappa shape index (κ3) is 3.73. The van der Waals surface area contributed by atoms with Crippen LogP contribution >= 0.6 is 23.7 Å². The summed E-state index contributed by atoms with van der Waals surface area (Å²) in [4.78, 5) is 3.87. The molecular weight excluding hydrogens is 314 g/mol. The van der Waals surface area contributed by atoms with Gasteiger partial charge in [-0.15, -0.1) is 22.6 Å². The molecule has 0 aliphatic heterocycles. The number of hydrogen-bond acceptors (Lipinski definition) is 6. The number of rotatable bonds is 4. The molecule has 0 fully saturated rings. The minimum atomic E-state index is -0.0447. The predicted octanol–water partition coefficient (Wildman–Crippen LogP) is 1.86. The summed E-state index contributed by atoms with van der Waals surface area (Å²) < 4.78 is 10.5. The number of halogens is 1. The highest BCUT2D eigenvalue weighted by atomic mass is 35.5. The van der Waals surface area contributed by atoms with Crippen molar-refractivity contribution in [3.63, 3.8) is 0 Å². The van der Waals surface area contributed by atoms with E-state index >= 15 is 0 Å². The molecule has 0 radical (unpaired) electrons. The summed E-state index contributed by atoms with van der Waals surface area (Å²) in [6.07, 6.45) is 0. The maximum absolute atomic E-state index is 5.32. The van der Waals surface area contributed by atoms with Crippen LogP contribution in [0.2, 0.25) is 0 Å². The summed E-state index contributed by atoms with van der Waals surface area (Å²) in [7, 11) is 3.18. The number of methoxy groups -OCH3 is 2. The molecule has 0 amide bonds. The van der Waals surface area contributed by atoms with E-state index in [0.717, 1.165) is 11.1 Å². The lowest BCUT2D eigenvalue weighted by Gasteiger charge is -2.10. The fraction of sp³-hybridized carbons (Fsp3) is 0.250.